The zero-order valence-electron chi connectivity index (χ0n) is 16.8. The first-order valence-electron chi connectivity index (χ1n) is 9.11. The van der Waals surface area contributed by atoms with Gasteiger partial charge in [0, 0.05) is 36.8 Å². The van der Waals surface area contributed by atoms with Crippen LogP contribution >= 0.6 is 11.6 Å². The van der Waals surface area contributed by atoms with Crippen LogP contribution in [0.3, 0.4) is 0 Å². The number of halogens is 1. The van der Waals surface area contributed by atoms with Gasteiger partial charge in [-0.1, -0.05) is 49.7 Å². The molecule has 152 valence electrons. The van der Waals surface area contributed by atoms with Crippen molar-refractivity contribution >= 4 is 27.4 Å². The van der Waals surface area contributed by atoms with E-state index in [9.17, 15) is 8.42 Å². The fourth-order valence-corrected chi connectivity index (χ4v) is 3.59. The Morgan fingerprint density at radius 2 is 1.79 bits per heavy atom. The molecule has 7 heteroatoms. The molecule has 0 fully saturated rings. The lowest BCUT2D eigenvalue weighted by atomic mass is 9.84. The smallest absolute Gasteiger partial charge is 0.191 e. The lowest BCUT2D eigenvalue weighted by molar-refractivity contribution is 0.509. The molecule has 2 rings (SSSR count). The third-order valence-electron chi connectivity index (χ3n) is 4.59. The second kappa shape index (κ2) is 9.43. The maximum Gasteiger partial charge on any atom is 0.191 e. The lowest BCUT2D eigenvalue weighted by Gasteiger charge is -2.27. The van der Waals surface area contributed by atoms with E-state index in [1.165, 1.54) is 6.26 Å². The number of hydrogen-bond donors (Lipinski definition) is 2. The molecule has 0 heterocycles. The highest BCUT2D eigenvalue weighted by atomic mass is 35.5. The molecule has 0 saturated carbocycles. The maximum atomic E-state index is 11.5. The largest absolute Gasteiger partial charge is 0.356 e. The van der Waals surface area contributed by atoms with Gasteiger partial charge in [0.25, 0.3) is 0 Å². The minimum atomic E-state index is -3.16. The van der Waals surface area contributed by atoms with E-state index in [1.807, 2.05) is 30.3 Å². The van der Waals surface area contributed by atoms with Gasteiger partial charge in [0.1, 0.15) is 0 Å². The predicted octanol–water partition coefficient (Wildman–Crippen LogP) is 3.43. The normalized spacial score (nSPS) is 12.7. The minimum absolute atomic E-state index is 0.107. The Morgan fingerprint density at radius 1 is 1.11 bits per heavy atom. The molecular weight excluding hydrogens is 394 g/mol. The summed E-state index contributed by atoms with van der Waals surface area (Å²) in [5.41, 5.74) is 2.12. The van der Waals surface area contributed by atoms with Crippen LogP contribution in [0.2, 0.25) is 5.02 Å². The number of rotatable bonds is 7. The van der Waals surface area contributed by atoms with Gasteiger partial charge in [0.15, 0.2) is 15.8 Å². The third-order valence-corrected chi connectivity index (χ3v) is 5.95. The second-order valence-corrected chi connectivity index (χ2v) is 9.87. The van der Waals surface area contributed by atoms with E-state index in [0.717, 1.165) is 28.5 Å². The molecular formula is C21H28ClN3O2S. The van der Waals surface area contributed by atoms with E-state index in [-0.39, 0.29) is 5.41 Å². The quantitative estimate of drug-likeness (QED) is 0.530. The first-order chi connectivity index (χ1) is 13.1. The summed E-state index contributed by atoms with van der Waals surface area (Å²) in [5, 5.41) is 7.38. The van der Waals surface area contributed by atoms with Gasteiger partial charge in [-0.2, -0.15) is 0 Å². The monoisotopic (exact) mass is 421 g/mol. The lowest BCUT2D eigenvalue weighted by Crippen LogP contribution is -2.44. The van der Waals surface area contributed by atoms with Crippen molar-refractivity contribution in [3.05, 3.63) is 64.7 Å². The molecule has 0 saturated heterocycles. The standard InChI is InChI=1S/C21H28ClN3O2S/c1-21(2,17-6-5-7-18(22)14-17)15-25-20(23-3)24-13-12-16-8-10-19(11-9-16)28(4,26)27/h5-11,14H,12-13,15H2,1-4H3,(H2,23,24,25). The van der Waals surface area contributed by atoms with Crippen molar-refractivity contribution in [2.75, 3.05) is 26.4 Å². The van der Waals surface area contributed by atoms with Crippen LogP contribution in [0.4, 0.5) is 0 Å². The number of hydrogen-bond acceptors (Lipinski definition) is 3. The van der Waals surface area contributed by atoms with Gasteiger partial charge < -0.3 is 10.6 Å². The van der Waals surface area contributed by atoms with Crippen molar-refractivity contribution < 1.29 is 8.42 Å². The molecule has 0 aliphatic heterocycles. The molecule has 0 aromatic heterocycles. The van der Waals surface area contributed by atoms with E-state index < -0.39 is 9.84 Å². The average molecular weight is 422 g/mol. The highest BCUT2D eigenvalue weighted by molar-refractivity contribution is 7.90. The molecule has 0 atom stereocenters. The number of nitrogens with zero attached hydrogens (tertiary/aromatic N) is 1. The first-order valence-corrected chi connectivity index (χ1v) is 11.4. The van der Waals surface area contributed by atoms with Gasteiger partial charge in [-0.05, 0) is 41.8 Å². The summed E-state index contributed by atoms with van der Waals surface area (Å²) in [7, 11) is -1.42. The van der Waals surface area contributed by atoms with Gasteiger partial charge in [0.2, 0.25) is 0 Å². The van der Waals surface area contributed by atoms with E-state index in [2.05, 4.69) is 35.5 Å². The van der Waals surface area contributed by atoms with Crippen molar-refractivity contribution in [2.45, 2.75) is 30.6 Å². The van der Waals surface area contributed by atoms with Crippen LogP contribution in [-0.2, 0) is 21.7 Å². The van der Waals surface area contributed by atoms with Crippen LogP contribution in [-0.4, -0.2) is 40.8 Å². The van der Waals surface area contributed by atoms with Gasteiger partial charge in [-0.15, -0.1) is 0 Å². The molecule has 5 nitrogen and oxygen atoms in total. The minimum Gasteiger partial charge on any atom is -0.356 e. The van der Waals surface area contributed by atoms with Crippen LogP contribution in [0.1, 0.15) is 25.0 Å². The summed E-state index contributed by atoms with van der Waals surface area (Å²) in [6.07, 6.45) is 1.98. The van der Waals surface area contributed by atoms with Crippen molar-refractivity contribution in [1.29, 1.82) is 0 Å². The van der Waals surface area contributed by atoms with Crippen LogP contribution in [0.5, 0.6) is 0 Å². The van der Waals surface area contributed by atoms with E-state index in [4.69, 9.17) is 11.6 Å². The molecule has 0 amide bonds. The second-order valence-electron chi connectivity index (χ2n) is 7.41. The fraction of sp³-hybridized carbons (Fsp3) is 0.381. The Labute approximate surface area is 173 Å². The average Bonchev–Trinajstić information content (AvgIpc) is 2.64. The molecule has 0 spiro atoms. The van der Waals surface area contributed by atoms with Crippen molar-refractivity contribution in [2.24, 2.45) is 4.99 Å². The predicted molar refractivity (Wildman–Crippen MR) is 117 cm³/mol. The van der Waals surface area contributed by atoms with E-state index >= 15 is 0 Å². The molecule has 0 radical (unpaired) electrons. The molecule has 0 aliphatic carbocycles. The number of aliphatic imine (C=N–C) groups is 1. The zero-order chi connectivity index (χ0) is 20.8. The summed E-state index contributed by atoms with van der Waals surface area (Å²) in [5.74, 6) is 0.725. The van der Waals surface area contributed by atoms with Gasteiger partial charge in [-0.3, -0.25) is 4.99 Å². The summed E-state index contributed by atoms with van der Waals surface area (Å²) < 4.78 is 23.0. The molecule has 0 bridgehead atoms. The summed E-state index contributed by atoms with van der Waals surface area (Å²) in [4.78, 5) is 4.61. The zero-order valence-corrected chi connectivity index (χ0v) is 18.4. The highest BCUT2D eigenvalue weighted by Crippen LogP contribution is 2.24. The number of sulfone groups is 1. The molecule has 2 N–H and O–H groups in total. The van der Waals surface area contributed by atoms with E-state index in [0.29, 0.717) is 18.0 Å². The highest BCUT2D eigenvalue weighted by Gasteiger charge is 2.21. The fourth-order valence-electron chi connectivity index (χ4n) is 2.77. The van der Waals surface area contributed by atoms with Crippen LogP contribution in [0.25, 0.3) is 0 Å². The topological polar surface area (TPSA) is 70.6 Å². The molecule has 2 aromatic rings. The number of nitrogens with one attached hydrogen (secondary N) is 2. The number of benzene rings is 2. The van der Waals surface area contributed by atoms with E-state index in [1.54, 1.807) is 19.2 Å². The van der Waals surface area contributed by atoms with Gasteiger partial charge >= 0.3 is 0 Å². The van der Waals surface area contributed by atoms with Crippen LogP contribution in [0.15, 0.2) is 58.4 Å². The summed E-state index contributed by atoms with van der Waals surface area (Å²) >= 11 is 6.11. The Balaban J connectivity index is 1.86. The third kappa shape index (κ3) is 6.53. The Morgan fingerprint density at radius 3 is 2.36 bits per heavy atom. The van der Waals surface area contributed by atoms with Gasteiger partial charge in [0.05, 0.1) is 4.90 Å². The van der Waals surface area contributed by atoms with Crippen LogP contribution < -0.4 is 10.6 Å². The summed E-state index contributed by atoms with van der Waals surface area (Å²) in [6.45, 7) is 5.70. The first kappa shape index (κ1) is 22.2. The summed E-state index contributed by atoms with van der Waals surface area (Å²) in [6, 6.07) is 14.9. The molecule has 0 unspecified atom stereocenters. The Hall–Kier alpha value is -2.05. The Bertz CT molecular complexity index is 923. The molecule has 0 aliphatic rings. The molecule has 2 aromatic carbocycles. The Kier molecular flexibility index (Phi) is 7.49. The molecule has 28 heavy (non-hydrogen) atoms. The number of guanidine groups is 1. The van der Waals surface area contributed by atoms with Crippen molar-refractivity contribution in [1.82, 2.24) is 10.6 Å². The van der Waals surface area contributed by atoms with Crippen molar-refractivity contribution in [3.8, 4) is 0 Å². The van der Waals surface area contributed by atoms with Gasteiger partial charge in [-0.25, -0.2) is 8.42 Å². The SMILES string of the molecule is CN=C(NCCc1ccc(S(C)(=O)=O)cc1)NCC(C)(C)c1cccc(Cl)c1. The van der Waals surface area contributed by atoms with Crippen molar-refractivity contribution in [3.63, 3.8) is 0 Å². The van der Waals surface area contributed by atoms with Crippen LogP contribution in [0, 0.1) is 0 Å². The maximum absolute atomic E-state index is 11.5.